The van der Waals surface area contributed by atoms with Crippen LogP contribution in [0.1, 0.15) is 92.2 Å². The summed E-state index contributed by atoms with van der Waals surface area (Å²) in [7, 11) is 0. The van der Waals surface area contributed by atoms with E-state index in [1.807, 2.05) is 64.6 Å². The molecule has 0 bridgehead atoms. The Morgan fingerprint density at radius 3 is 2.28 bits per heavy atom. The lowest BCUT2D eigenvalue weighted by molar-refractivity contribution is -0.138. The number of hydrogen-bond donors (Lipinski definition) is 2. The minimum Gasteiger partial charge on any atom is -0.481 e. The van der Waals surface area contributed by atoms with Crippen LogP contribution < -0.4 is 10.9 Å². The average molecular weight is 637 g/mol. The number of likely N-dealkylation sites (tertiary alicyclic amines) is 1. The van der Waals surface area contributed by atoms with Gasteiger partial charge >= 0.3 is 5.97 Å². The molecule has 4 rings (SSSR count). The van der Waals surface area contributed by atoms with Crippen molar-refractivity contribution in [2.45, 2.75) is 91.9 Å². The monoisotopic (exact) mass is 636 g/mol. The topological polar surface area (TPSA) is 105 Å². The molecule has 46 heavy (non-hydrogen) atoms. The summed E-state index contributed by atoms with van der Waals surface area (Å²) in [6, 6.07) is 7.03. The van der Waals surface area contributed by atoms with Gasteiger partial charge in [0, 0.05) is 43.7 Å². The number of aryl methyl sites for hydroxylation is 3. The highest BCUT2D eigenvalue weighted by Gasteiger charge is 2.31. The van der Waals surface area contributed by atoms with Gasteiger partial charge in [0.15, 0.2) is 0 Å². The zero-order valence-corrected chi connectivity index (χ0v) is 27.9. The Hall–Kier alpha value is -3.92. The van der Waals surface area contributed by atoms with E-state index in [1.54, 1.807) is 25.3 Å². The lowest BCUT2D eigenvalue weighted by atomic mass is 9.90. The summed E-state index contributed by atoms with van der Waals surface area (Å²) in [6.07, 6.45) is 0.963. The first kappa shape index (κ1) is 34.9. The van der Waals surface area contributed by atoms with Gasteiger partial charge < -0.3 is 10.4 Å². The number of rotatable bonds is 13. The molecule has 2 heterocycles. The van der Waals surface area contributed by atoms with Crippen LogP contribution in [0, 0.1) is 32.5 Å². The number of halogens is 2. The molecule has 2 N–H and O–H groups in total. The van der Waals surface area contributed by atoms with Crippen molar-refractivity contribution >= 4 is 11.9 Å². The molecule has 3 aromatic rings. The molecule has 2 atom stereocenters. The zero-order chi connectivity index (χ0) is 33.9. The highest BCUT2D eigenvalue weighted by molar-refractivity contribution is 5.82. The van der Waals surface area contributed by atoms with Crippen LogP contribution >= 0.6 is 0 Å². The number of aromatic nitrogens is 2. The summed E-state index contributed by atoms with van der Waals surface area (Å²) < 4.78 is 30.6. The SMILES string of the molecule is Cc1cc(-c2c(C)cccc2C)cc(C(CC(=O)O)NC(=O)C(CC(C)C)n2cc(CCN3CC(F)C3)nc(C(C)C)c2=O)c1F. The Balaban J connectivity index is 1.75. The third-order valence-electron chi connectivity index (χ3n) is 8.61. The summed E-state index contributed by atoms with van der Waals surface area (Å²) in [6.45, 7) is 14.4. The number of alkyl halides is 1. The fraction of sp³-hybridized carbons (Fsp3) is 0.500. The van der Waals surface area contributed by atoms with Gasteiger partial charge in [0.2, 0.25) is 5.91 Å². The highest BCUT2D eigenvalue weighted by atomic mass is 19.1. The lowest BCUT2D eigenvalue weighted by Crippen LogP contribution is -2.49. The van der Waals surface area contributed by atoms with E-state index >= 15 is 4.39 Å². The number of aliphatic carboxylic acids is 1. The third-order valence-corrected chi connectivity index (χ3v) is 8.61. The number of carbonyl (C=O) groups excluding carboxylic acids is 1. The zero-order valence-electron chi connectivity index (χ0n) is 27.9. The van der Waals surface area contributed by atoms with Gasteiger partial charge in [-0.3, -0.25) is 28.8 Å². The number of nitrogens with one attached hydrogen (secondary N) is 1. The molecule has 0 spiro atoms. The highest BCUT2D eigenvalue weighted by Crippen LogP contribution is 2.33. The van der Waals surface area contributed by atoms with E-state index in [1.165, 1.54) is 4.57 Å². The van der Waals surface area contributed by atoms with Crippen molar-refractivity contribution in [2.75, 3.05) is 19.6 Å². The fourth-order valence-electron chi connectivity index (χ4n) is 6.21. The van der Waals surface area contributed by atoms with Crippen LogP contribution in [0.3, 0.4) is 0 Å². The smallest absolute Gasteiger partial charge is 0.305 e. The maximum atomic E-state index is 15.8. The molecule has 1 fully saturated rings. The lowest BCUT2D eigenvalue weighted by Gasteiger charge is -2.34. The van der Waals surface area contributed by atoms with Crippen molar-refractivity contribution in [3.8, 4) is 11.1 Å². The van der Waals surface area contributed by atoms with Crippen molar-refractivity contribution in [3.05, 3.63) is 86.3 Å². The molecule has 0 radical (unpaired) electrons. The second-order valence-corrected chi connectivity index (χ2v) is 13.4. The molecule has 10 heteroatoms. The largest absolute Gasteiger partial charge is 0.481 e. The van der Waals surface area contributed by atoms with E-state index in [2.05, 4.69) is 10.3 Å². The maximum absolute atomic E-state index is 15.8. The van der Waals surface area contributed by atoms with E-state index in [-0.39, 0.29) is 23.8 Å². The number of carbonyl (C=O) groups is 2. The molecule has 8 nitrogen and oxygen atoms in total. The van der Waals surface area contributed by atoms with Gasteiger partial charge in [0.1, 0.15) is 23.7 Å². The first-order valence-electron chi connectivity index (χ1n) is 16.0. The molecule has 2 unspecified atom stereocenters. The van der Waals surface area contributed by atoms with Crippen LogP contribution in [-0.2, 0) is 16.0 Å². The molecule has 1 aliphatic heterocycles. The van der Waals surface area contributed by atoms with Crippen molar-refractivity contribution < 1.29 is 23.5 Å². The fourth-order valence-corrected chi connectivity index (χ4v) is 6.21. The Kier molecular flexibility index (Phi) is 11.1. The number of carboxylic acids is 1. The van der Waals surface area contributed by atoms with Gasteiger partial charge in [-0.15, -0.1) is 0 Å². The predicted octanol–water partition coefficient (Wildman–Crippen LogP) is 6.21. The summed E-state index contributed by atoms with van der Waals surface area (Å²) in [5, 5.41) is 12.7. The normalized spacial score (nSPS) is 15.2. The molecular formula is C36H46F2N4O4. The van der Waals surface area contributed by atoms with Gasteiger partial charge in [0.25, 0.3) is 5.56 Å². The average Bonchev–Trinajstić information content (AvgIpc) is 2.94. The van der Waals surface area contributed by atoms with Gasteiger partial charge in [-0.25, -0.2) is 8.78 Å². The Bertz CT molecular complexity index is 1630. The quantitative estimate of drug-likeness (QED) is 0.231. The van der Waals surface area contributed by atoms with Gasteiger partial charge in [0.05, 0.1) is 18.2 Å². The van der Waals surface area contributed by atoms with Gasteiger partial charge in [-0.1, -0.05) is 45.9 Å². The number of amides is 1. The van der Waals surface area contributed by atoms with Crippen molar-refractivity contribution in [3.63, 3.8) is 0 Å². The van der Waals surface area contributed by atoms with Crippen molar-refractivity contribution in [1.82, 2.24) is 19.8 Å². The molecule has 0 saturated carbocycles. The summed E-state index contributed by atoms with van der Waals surface area (Å²) >= 11 is 0. The van der Waals surface area contributed by atoms with Crippen LogP contribution in [0.5, 0.6) is 0 Å². The Morgan fingerprint density at radius 2 is 1.72 bits per heavy atom. The van der Waals surface area contributed by atoms with E-state index in [9.17, 15) is 23.9 Å². The standard InChI is InChI=1S/C36H46F2N4O4/c1-20(2)13-30(42-19-27(11-12-41-17-26(37)18-41)39-34(21(3)4)36(42)46)35(45)40-29(16-31(43)44)28-15-25(14-24(7)33(28)38)32-22(5)9-8-10-23(32)6/h8-10,14-15,19-21,26,29-30H,11-13,16-18H2,1-7H3,(H,40,45)(H,43,44). The molecule has 0 aliphatic carbocycles. The predicted molar refractivity (Wildman–Crippen MR) is 175 cm³/mol. The van der Waals surface area contributed by atoms with Gasteiger partial charge in [-0.05, 0) is 73.1 Å². The number of benzene rings is 2. The van der Waals surface area contributed by atoms with Crippen LogP contribution in [0.25, 0.3) is 11.1 Å². The van der Waals surface area contributed by atoms with Crippen molar-refractivity contribution in [1.29, 1.82) is 0 Å². The minimum atomic E-state index is -1.20. The number of carboxylic acid groups (broad SMARTS) is 1. The molecule has 1 saturated heterocycles. The van der Waals surface area contributed by atoms with Crippen LogP contribution in [0.2, 0.25) is 0 Å². The molecule has 2 aromatic carbocycles. The van der Waals surface area contributed by atoms with Gasteiger partial charge in [-0.2, -0.15) is 0 Å². The summed E-state index contributed by atoms with van der Waals surface area (Å²) in [5.41, 5.74) is 4.54. The minimum absolute atomic E-state index is 0.00592. The Labute approximate surface area is 269 Å². The molecular weight excluding hydrogens is 590 g/mol. The molecule has 1 amide bonds. The molecule has 248 valence electrons. The summed E-state index contributed by atoms with van der Waals surface area (Å²) in [5.74, 6) is -2.59. The van der Waals surface area contributed by atoms with E-state index < -0.39 is 47.9 Å². The van der Waals surface area contributed by atoms with E-state index in [0.29, 0.717) is 43.0 Å². The van der Waals surface area contributed by atoms with Crippen LogP contribution in [-0.4, -0.2) is 57.2 Å². The van der Waals surface area contributed by atoms with E-state index in [0.717, 1.165) is 22.3 Å². The number of nitrogens with zero attached hydrogens (tertiary/aromatic N) is 3. The van der Waals surface area contributed by atoms with Crippen LogP contribution in [0.4, 0.5) is 8.78 Å². The molecule has 1 aliphatic rings. The Morgan fingerprint density at radius 1 is 1.07 bits per heavy atom. The maximum Gasteiger partial charge on any atom is 0.305 e. The van der Waals surface area contributed by atoms with E-state index in [4.69, 9.17) is 0 Å². The second-order valence-electron chi connectivity index (χ2n) is 13.4. The summed E-state index contributed by atoms with van der Waals surface area (Å²) in [4.78, 5) is 46.5. The van der Waals surface area contributed by atoms with Crippen LogP contribution in [0.15, 0.2) is 41.3 Å². The number of hydrogen-bond acceptors (Lipinski definition) is 5. The first-order valence-corrected chi connectivity index (χ1v) is 16.0. The second kappa shape index (κ2) is 14.7. The van der Waals surface area contributed by atoms with Crippen molar-refractivity contribution in [2.24, 2.45) is 5.92 Å². The third kappa shape index (κ3) is 8.07. The first-order chi connectivity index (χ1) is 21.7. The molecule has 1 aromatic heterocycles.